The number of carbonyl (C=O) groups excluding carboxylic acids is 2. The lowest BCUT2D eigenvalue weighted by Gasteiger charge is -2.15. The smallest absolute Gasteiger partial charge is 0.344 e. The zero-order valence-electron chi connectivity index (χ0n) is 14.6. The predicted molar refractivity (Wildman–Crippen MR) is 102 cm³/mol. The average Bonchev–Trinajstić information content (AvgIpc) is 2.59. The summed E-state index contributed by atoms with van der Waals surface area (Å²) in [5.41, 5.74) is 2.27. The zero-order chi connectivity index (χ0) is 19.3. The number of amides is 1. The molecule has 1 N–H and O–H groups in total. The highest BCUT2D eigenvalue weighted by atomic mass is 35.5. The third-order valence-electron chi connectivity index (χ3n) is 3.58. The molecule has 26 heavy (non-hydrogen) atoms. The minimum Gasteiger partial charge on any atom is -0.482 e. The molecule has 138 valence electrons. The van der Waals surface area contributed by atoms with Gasteiger partial charge in [-0.15, -0.1) is 0 Å². The Labute approximate surface area is 162 Å². The van der Waals surface area contributed by atoms with Gasteiger partial charge in [0.2, 0.25) is 0 Å². The van der Waals surface area contributed by atoms with Crippen molar-refractivity contribution in [1.29, 1.82) is 0 Å². The molecule has 2 aromatic rings. The van der Waals surface area contributed by atoms with Crippen LogP contribution in [0.1, 0.15) is 18.1 Å². The van der Waals surface area contributed by atoms with Crippen molar-refractivity contribution in [2.45, 2.75) is 26.9 Å². The minimum atomic E-state index is -1.01. The molecule has 5 nitrogen and oxygen atoms in total. The summed E-state index contributed by atoms with van der Waals surface area (Å²) in [7, 11) is 0. The van der Waals surface area contributed by atoms with E-state index in [-0.39, 0.29) is 11.6 Å². The van der Waals surface area contributed by atoms with Crippen LogP contribution in [-0.2, 0) is 14.3 Å². The Hall–Kier alpha value is -2.24. The number of hydrogen-bond acceptors (Lipinski definition) is 4. The molecule has 0 aliphatic rings. The van der Waals surface area contributed by atoms with Crippen molar-refractivity contribution >= 4 is 40.8 Å². The van der Waals surface area contributed by atoms with Crippen LogP contribution in [0.15, 0.2) is 36.4 Å². The van der Waals surface area contributed by atoms with Crippen molar-refractivity contribution in [2.75, 3.05) is 11.9 Å². The third kappa shape index (κ3) is 5.38. The molecule has 0 radical (unpaired) electrons. The first-order valence-electron chi connectivity index (χ1n) is 7.92. The van der Waals surface area contributed by atoms with Gasteiger partial charge in [0.1, 0.15) is 5.75 Å². The fourth-order valence-electron chi connectivity index (χ4n) is 2.12. The molecule has 2 aromatic carbocycles. The number of carbonyl (C=O) groups is 2. The van der Waals surface area contributed by atoms with E-state index in [4.69, 9.17) is 32.7 Å². The van der Waals surface area contributed by atoms with Crippen LogP contribution < -0.4 is 10.1 Å². The molecule has 1 amide bonds. The molecule has 1 atom stereocenters. The molecule has 1 unspecified atom stereocenters. The Kier molecular flexibility index (Phi) is 6.89. The minimum absolute atomic E-state index is 0.222. The van der Waals surface area contributed by atoms with Gasteiger partial charge in [-0.1, -0.05) is 41.4 Å². The van der Waals surface area contributed by atoms with E-state index in [0.717, 1.165) is 11.1 Å². The van der Waals surface area contributed by atoms with Crippen molar-refractivity contribution < 1.29 is 19.1 Å². The number of anilines is 1. The highest BCUT2D eigenvalue weighted by Gasteiger charge is 2.19. The molecule has 0 fully saturated rings. The Morgan fingerprint density at radius 2 is 1.88 bits per heavy atom. The third-order valence-corrected chi connectivity index (χ3v) is 4.39. The van der Waals surface area contributed by atoms with Crippen molar-refractivity contribution in [3.8, 4) is 5.75 Å². The fourth-order valence-corrected chi connectivity index (χ4v) is 2.47. The second kappa shape index (κ2) is 8.92. The molecular weight excluding hydrogens is 377 g/mol. The van der Waals surface area contributed by atoms with Crippen LogP contribution >= 0.6 is 23.2 Å². The highest BCUT2D eigenvalue weighted by Crippen LogP contribution is 2.29. The Balaban J connectivity index is 1.89. The molecule has 0 aliphatic carbocycles. The summed E-state index contributed by atoms with van der Waals surface area (Å²) in [6.45, 7) is 4.98. The lowest BCUT2D eigenvalue weighted by molar-refractivity contribution is -0.155. The van der Waals surface area contributed by atoms with E-state index < -0.39 is 18.0 Å². The topological polar surface area (TPSA) is 64.6 Å². The van der Waals surface area contributed by atoms with Crippen molar-refractivity contribution in [3.05, 3.63) is 57.6 Å². The molecule has 0 aromatic heterocycles. The molecule has 7 heteroatoms. The van der Waals surface area contributed by atoms with Gasteiger partial charge in [0.15, 0.2) is 12.7 Å². The molecule has 0 bridgehead atoms. The van der Waals surface area contributed by atoms with Gasteiger partial charge in [-0.2, -0.15) is 0 Å². The quantitative estimate of drug-likeness (QED) is 0.728. The Morgan fingerprint density at radius 1 is 1.15 bits per heavy atom. The molecule has 0 heterocycles. The zero-order valence-corrected chi connectivity index (χ0v) is 16.1. The van der Waals surface area contributed by atoms with E-state index in [9.17, 15) is 9.59 Å². The van der Waals surface area contributed by atoms with Crippen molar-refractivity contribution in [2.24, 2.45) is 0 Å². The van der Waals surface area contributed by atoms with Gasteiger partial charge in [-0.3, -0.25) is 4.79 Å². The van der Waals surface area contributed by atoms with E-state index in [1.54, 1.807) is 18.2 Å². The first-order chi connectivity index (χ1) is 12.3. The summed E-state index contributed by atoms with van der Waals surface area (Å²) in [5, 5.41) is 3.11. The number of halogens is 2. The van der Waals surface area contributed by atoms with Crippen molar-refractivity contribution in [1.82, 2.24) is 0 Å². The van der Waals surface area contributed by atoms with Crippen LogP contribution in [0.3, 0.4) is 0 Å². The number of nitrogens with one attached hydrogen (secondary N) is 1. The van der Waals surface area contributed by atoms with E-state index >= 15 is 0 Å². The van der Waals surface area contributed by atoms with E-state index in [1.807, 2.05) is 32.0 Å². The lowest BCUT2D eigenvalue weighted by Crippen LogP contribution is -2.31. The summed E-state index contributed by atoms with van der Waals surface area (Å²) >= 11 is 11.9. The number of benzene rings is 2. The van der Waals surface area contributed by atoms with Gasteiger partial charge < -0.3 is 14.8 Å². The lowest BCUT2D eigenvalue weighted by atomic mass is 10.1. The first kappa shape index (κ1) is 20.1. The number of hydrogen-bond donors (Lipinski definition) is 1. The molecule has 0 saturated heterocycles. The predicted octanol–water partition coefficient (Wildman–Crippen LogP) is 4.56. The van der Waals surface area contributed by atoms with Gasteiger partial charge in [0.25, 0.3) is 5.91 Å². The van der Waals surface area contributed by atoms with Gasteiger partial charge in [0.05, 0.1) is 15.7 Å². The van der Waals surface area contributed by atoms with E-state index in [1.165, 1.54) is 6.92 Å². The Bertz CT molecular complexity index is 823. The van der Waals surface area contributed by atoms with Crippen LogP contribution in [0.2, 0.25) is 10.0 Å². The van der Waals surface area contributed by atoms with Gasteiger partial charge in [-0.25, -0.2) is 4.79 Å². The van der Waals surface area contributed by atoms with Crippen LogP contribution in [0.4, 0.5) is 5.69 Å². The second-order valence-electron chi connectivity index (χ2n) is 5.78. The van der Waals surface area contributed by atoms with Crippen LogP contribution in [0, 0.1) is 13.8 Å². The Morgan fingerprint density at radius 3 is 2.62 bits per heavy atom. The number of esters is 1. The van der Waals surface area contributed by atoms with Crippen LogP contribution in [0.5, 0.6) is 5.75 Å². The summed E-state index contributed by atoms with van der Waals surface area (Å²) in [5.74, 6) is -0.565. The molecule has 0 saturated carbocycles. The normalized spacial score (nSPS) is 11.6. The fraction of sp³-hybridized carbons (Fsp3) is 0.263. The maximum atomic E-state index is 12.2. The highest BCUT2D eigenvalue weighted by molar-refractivity contribution is 6.44. The maximum Gasteiger partial charge on any atom is 0.344 e. The van der Waals surface area contributed by atoms with Gasteiger partial charge in [-0.05, 0) is 50.1 Å². The van der Waals surface area contributed by atoms with Crippen LogP contribution in [-0.4, -0.2) is 24.6 Å². The number of rotatable bonds is 6. The van der Waals surface area contributed by atoms with Crippen LogP contribution in [0.25, 0.3) is 0 Å². The van der Waals surface area contributed by atoms with Gasteiger partial charge in [0, 0.05) is 0 Å². The maximum absolute atomic E-state index is 12.2. The van der Waals surface area contributed by atoms with Crippen molar-refractivity contribution in [3.63, 3.8) is 0 Å². The SMILES string of the molecule is Cc1ccc(C)c(OCC(=O)OC(C)C(=O)Nc2cccc(Cl)c2Cl)c1. The van der Waals surface area contributed by atoms with E-state index in [0.29, 0.717) is 16.5 Å². The summed E-state index contributed by atoms with van der Waals surface area (Å²) in [6.07, 6.45) is -1.01. The standard InChI is InChI=1S/C19H19Cl2NO4/c1-11-7-8-12(2)16(9-11)25-10-17(23)26-13(3)19(24)22-15-6-4-5-14(20)18(15)21/h4-9,13H,10H2,1-3H3,(H,22,24). The first-order valence-corrected chi connectivity index (χ1v) is 8.68. The van der Waals surface area contributed by atoms with Gasteiger partial charge >= 0.3 is 5.97 Å². The molecule has 2 rings (SSSR count). The summed E-state index contributed by atoms with van der Waals surface area (Å²) in [6, 6.07) is 10.5. The number of ether oxygens (including phenoxy) is 2. The second-order valence-corrected chi connectivity index (χ2v) is 6.57. The summed E-state index contributed by atoms with van der Waals surface area (Å²) in [4.78, 5) is 24.1. The van der Waals surface area contributed by atoms with E-state index in [2.05, 4.69) is 5.32 Å². The monoisotopic (exact) mass is 395 g/mol. The number of aryl methyl sites for hydroxylation is 2. The summed E-state index contributed by atoms with van der Waals surface area (Å²) < 4.78 is 10.6. The molecule has 0 spiro atoms. The molecule has 0 aliphatic heterocycles. The molecular formula is C19H19Cl2NO4. The average molecular weight is 396 g/mol. The largest absolute Gasteiger partial charge is 0.482 e.